The van der Waals surface area contributed by atoms with E-state index in [2.05, 4.69) is 0 Å². The molecule has 0 fully saturated rings. The number of carbonyl (C=O) groups is 1. The van der Waals surface area contributed by atoms with Crippen molar-refractivity contribution in [3.63, 3.8) is 0 Å². The maximum Gasteiger partial charge on any atom is 0.310 e. The molecule has 27 heavy (non-hydrogen) atoms. The molecule has 0 amide bonds. The monoisotopic (exact) mass is 378 g/mol. The number of hydrogen-bond donors (Lipinski definition) is 1. The van der Waals surface area contributed by atoms with E-state index >= 15 is 0 Å². The normalized spacial score (nSPS) is 15.4. The minimum absolute atomic E-state index is 0.417. The summed E-state index contributed by atoms with van der Waals surface area (Å²) >= 11 is 6.42. The fourth-order valence-corrected chi connectivity index (χ4v) is 3.87. The molecule has 4 rings (SSSR count). The average Bonchev–Trinajstić information content (AvgIpc) is 3.11. The van der Waals surface area contributed by atoms with Gasteiger partial charge in [0.05, 0.1) is 10.9 Å². The summed E-state index contributed by atoms with van der Waals surface area (Å²) in [5, 5.41) is 10.0. The number of benzene rings is 3. The Balaban J connectivity index is 1.69. The van der Waals surface area contributed by atoms with E-state index in [1.165, 1.54) is 0 Å². The van der Waals surface area contributed by atoms with Crippen LogP contribution in [0.1, 0.15) is 29.0 Å². The van der Waals surface area contributed by atoms with Crippen LogP contribution < -0.4 is 4.74 Å². The number of rotatable bonds is 5. The minimum atomic E-state index is -0.766. The van der Waals surface area contributed by atoms with Gasteiger partial charge in [0.1, 0.15) is 12.4 Å². The minimum Gasteiger partial charge on any atom is -0.487 e. The zero-order valence-corrected chi connectivity index (χ0v) is 15.4. The Labute approximate surface area is 163 Å². The van der Waals surface area contributed by atoms with Gasteiger partial charge in [0.15, 0.2) is 0 Å². The predicted octanol–water partition coefficient (Wildman–Crippen LogP) is 5.70. The fraction of sp³-hybridized carbons (Fsp3) is 0.174. The van der Waals surface area contributed by atoms with Crippen LogP contribution in [0.3, 0.4) is 0 Å². The molecule has 0 radical (unpaired) electrons. The number of carboxylic acids is 1. The number of ether oxygens (including phenoxy) is 1. The highest BCUT2D eigenvalue weighted by atomic mass is 35.5. The molecule has 1 aliphatic carbocycles. The molecule has 0 bridgehead atoms. The van der Waals surface area contributed by atoms with Crippen LogP contribution >= 0.6 is 11.6 Å². The Morgan fingerprint density at radius 1 is 1.07 bits per heavy atom. The van der Waals surface area contributed by atoms with E-state index in [0.29, 0.717) is 23.8 Å². The van der Waals surface area contributed by atoms with Crippen molar-refractivity contribution in [2.45, 2.75) is 25.4 Å². The van der Waals surface area contributed by atoms with Gasteiger partial charge in [-0.25, -0.2) is 0 Å². The second kappa shape index (κ2) is 7.45. The van der Waals surface area contributed by atoms with Gasteiger partial charge in [0.2, 0.25) is 0 Å². The summed E-state index contributed by atoms with van der Waals surface area (Å²) in [5.41, 5.74) is 4.86. The van der Waals surface area contributed by atoms with Crippen LogP contribution in [-0.2, 0) is 17.8 Å². The molecule has 0 heterocycles. The Bertz CT molecular complexity index is 982. The largest absolute Gasteiger partial charge is 0.487 e. The van der Waals surface area contributed by atoms with Crippen molar-refractivity contribution in [2.75, 3.05) is 0 Å². The van der Waals surface area contributed by atoms with E-state index in [1.807, 2.05) is 60.7 Å². The van der Waals surface area contributed by atoms with Crippen molar-refractivity contribution < 1.29 is 14.6 Å². The first-order chi connectivity index (χ1) is 13.1. The summed E-state index contributed by atoms with van der Waals surface area (Å²) in [6, 6.07) is 21.6. The molecule has 1 aliphatic rings. The van der Waals surface area contributed by atoms with Gasteiger partial charge in [-0.15, -0.1) is 0 Å². The second-order valence-electron chi connectivity index (χ2n) is 6.73. The van der Waals surface area contributed by atoms with Gasteiger partial charge < -0.3 is 9.84 Å². The van der Waals surface area contributed by atoms with Gasteiger partial charge >= 0.3 is 5.97 Å². The van der Waals surface area contributed by atoms with Crippen molar-refractivity contribution in [1.29, 1.82) is 0 Å². The van der Waals surface area contributed by atoms with Gasteiger partial charge in [-0.1, -0.05) is 66.2 Å². The van der Waals surface area contributed by atoms with Gasteiger partial charge in [0, 0.05) is 5.56 Å². The van der Waals surface area contributed by atoms with Crippen molar-refractivity contribution >= 4 is 17.6 Å². The van der Waals surface area contributed by atoms with Crippen LogP contribution in [0.5, 0.6) is 5.75 Å². The lowest BCUT2D eigenvalue weighted by molar-refractivity contribution is -0.138. The van der Waals surface area contributed by atoms with Gasteiger partial charge in [-0.05, 0) is 47.2 Å². The molecular formula is C23H19ClO3. The molecule has 0 saturated heterocycles. The van der Waals surface area contributed by atoms with Crippen molar-refractivity contribution in [3.8, 4) is 16.9 Å². The third-order valence-electron chi connectivity index (χ3n) is 5.03. The van der Waals surface area contributed by atoms with E-state index in [0.717, 1.165) is 34.2 Å². The highest BCUT2D eigenvalue weighted by Gasteiger charge is 2.28. The maximum absolute atomic E-state index is 11.5. The van der Waals surface area contributed by atoms with Crippen LogP contribution in [0.15, 0.2) is 66.7 Å². The molecule has 3 nitrogen and oxygen atoms in total. The maximum atomic E-state index is 11.5. The molecule has 1 N–H and O–H groups in total. The van der Waals surface area contributed by atoms with Crippen molar-refractivity contribution in [2.24, 2.45) is 0 Å². The summed E-state index contributed by atoms with van der Waals surface area (Å²) in [6.45, 7) is 0.417. The molecular weight excluding hydrogens is 360 g/mol. The van der Waals surface area contributed by atoms with Gasteiger partial charge in [-0.2, -0.15) is 0 Å². The van der Waals surface area contributed by atoms with E-state index in [-0.39, 0.29) is 0 Å². The molecule has 1 atom stereocenters. The quantitative estimate of drug-likeness (QED) is 0.619. The molecule has 3 aromatic carbocycles. The molecule has 4 heteroatoms. The zero-order chi connectivity index (χ0) is 18.8. The smallest absolute Gasteiger partial charge is 0.310 e. The number of para-hydroxylation sites is 1. The van der Waals surface area contributed by atoms with E-state index in [1.54, 1.807) is 6.07 Å². The van der Waals surface area contributed by atoms with Crippen LogP contribution in [0.4, 0.5) is 0 Å². The summed E-state index contributed by atoms with van der Waals surface area (Å²) in [7, 11) is 0. The number of aryl methyl sites for hydroxylation is 1. The van der Waals surface area contributed by atoms with E-state index < -0.39 is 11.9 Å². The standard InChI is InChI=1S/C23H19ClO3/c24-21-8-4-7-18(22(21)27-14-15-5-2-1-3-6-15)17-10-9-16-11-12-19(23(25)26)20(16)13-17/h1-10,13,19H,11-12,14H2,(H,25,26). The number of carboxylic acid groups (broad SMARTS) is 1. The number of hydrogen-bond acceptors (Lipinski definition) is 2. The molecule has 3 aromatic rings. The first kappa shape index (κ1) is 17.6. The lowest BCUT2D eigenvalue weighted by Crippen LogP contribution is -2.07. The lowest BCUT2D eigenvalue weighted by Gasteiger charge is -2.15. The molecule has 0 spiro atoms. The highest BCUT2D eigenvalue weighted by molar-refractivity contribution is 6.32. The second-order valence-corrected chi connectivity index (χ2v) is 7.14. The van der Waals surface area contributed by atoms with Crippen LogP contribution in [-0.4, -0.2) is 11.1 Å². The summed E-state index contributed by atoms with van der Waals surface area (Å²) in [6.07, 6.45) is 1.46. The molecule has 0 saturated carbocycles. The molecule has 136 valence electrons. The number of fused-ring (bicyclic) bond motifs is 1. The summed E-state index contributed by atoms with van der Waals surface area (Å²) in [4.78, 5) is 11.5. The van der Waals surface area contributed by atoms with Crippen molar-refractivity contribution in [3.05, 3.63) is 88.4 Å². The highest BCUT2D eigenvalue weighted by Crippen LogP contribution is 2.40. The van der Waals surface area contributed by atoms with E-state index in [4.69, 9.17) is 16.3 Å². The number of aliphatic carboxylic acids is 1. The fourth-order valence-electron chi connectivity index (χ4n) is 3.64. The van der Waals surface area contributed by atoms with Crippen LogP contribution in [0.2, 0.25) is 5.02 Å². The van der Waals surface area contributed by atoms with Gasteiger partial charge in [-0.3, -0.25) is 4.79 Å². The Hall–Kier alpha value is -2.78. The average molecular weight is 379 g/mol. The third-order valence-corrected chi connectivity index (χ3v) is 5.32. The molecule has 0 aromatic heterocycles. The predicted molar refractivity (Wildman–Crippen MR) is 106 cm³/mol. The summed E-state index contributed by atoms with van der Waals surface area (Å²) < 4.78 is 6.05. The van der Waals surface area contributed by atoms with Crippen LogP contribution in [0.25, 0.3) is 11.1 Å². The topological polar surface area (TPSA) is 46.5 Å². The molecule has 1 unspecified atom stereocenters. The van der Waals surface area contributed by atoms with Crippen LogP contribution in [0, 0.1) is 0 Å². The van der Waals surface area contributed by atoms with E-state index in [9.17, 15) is 9.90 Å². The number of halogens is 1. The van der Waals surface area contributed by atoms with Crippen molar-refractivity contribution in [1.82, 2.24) is 0 Å². The summed E-state index contributed by atoms with van der Waals surface area (Å²) in [5.74, 6) is -0.585. The Morgan fingerprint density at radius 3 is 2.67 bits per heavy atom. The SMILES string of the molecule is O=C(O)C1CCc2ccc(-c3cccc(Cl)c3OCc3ccccc3)cc21. The first-order valence-electron chi connectivity index (χ1n) is 8.94. The first-order valence-corrected chi connectivity index (χ1v) is 9.32. The zero-order valence-electron chi connectivity index (χ0n) is 14.7. The third kappa shape index (κ3) is 3.56. The van der Waals surface area contributed by atoms with Gasteiger partial charge in [0.25, 0.3) is 0 Å². The Morgan fingerprint density at radius 2 is 1.89 bits per heavy atom. The molecule has 0 aliphatic heterocycles. The lowest BCUT2D eigenvalue weighted by atomic mass is 9.96. The Kier molecular flexibility index (Phi) is 4.87.